The van der Waals surface area contributed by atoms with Crippen LogP contribution in [-0.2, 0) is 15.3 Å². The van der Waals surface area contributed by atoms with Crippen molar-refractivity contribution in [2.75, 3.05) is 0 Å². The van der Waals surface area contributed by atoms with Crippen LogP contribution >= 0.6 is 0 Å². The maximum absolute atomic E-state index is 14.1. The van der Waals surface area contributed by atoms with E-state index in [4.69, 9.17) is 15.0 Å². The van der Waals surface area contributed by atoms with Crippen molar-refractivity contribution < 1.29 is 8.42 Å². The summed E-state index contributed by atoms with van der Waals surface area (Å²) in [5, 5.41) is 2.20. The number of hydrogen-bond donors (Lipinski definition) is 0. The maximum atomic E-state index is 14.1. The Morgan fingerprint density at radius 1 is 0.375 bits per heavy atom. The topological polar surface area (TPSA) is 72.8 Å². The van der Waals surface area contributed by atoms with Crippen molar-refractivity contribution >= 4 is 20.6 Å². The number of benzene rings is 8. The van der Waals surface area contributed by atoms with Crippen LogP contribution in [-0.4, -0.2) is 23.4 Å². The summed E-state index contributed by atoms with van der Waals surface area (Å²) in [7, 11) is -3.75. The predicted molar refractivity (Wildman–Crippen MR) is 223 cm³/mol. The summed E-state index contributed by atoms with van der Waals surface area (Å²) in [4.78, 5) is 15.7. The zero-order valence-corrected chi connectivity index (χ0v) is 30.9. The van der Waals surface area contributed by atoms with Gasteiger partial charge in [-0.3, -0.25) is 0 Å². The largest absolute Gasteiger partial charge is 0.218 e. The number of rotatable bonds is 6. The minimum Gasteiger partial charge on any atom is -0.218 e. The van der Waals surface area contributed by atoms with Crippen LogP contribution in [0.2, 0.25) is 0 Å². The molecule has 0 saturated heterocycles. The van der Waals surface area contributed by atoms with Crippen molar-refractivity contribution in [3.8, 4) is 45.3 Å². The smallest absolute Gasteiger partial charge is 0.207 e. The first-order valence-electron chi connectivity index (χ1n) is 18.5. The van der Waals surface area contributed by atoms with Gasteiger partial charge in [-0.25, -0.2) is 23.4 Å². The molecule has 0 spiro atoms. The van der Waals surface area contributed by atoms with E-state index in [1.165, 1.54) is 0 Å². The van der Waals surface area contributed by atoms with E-state index in [-0.39, 0.29) is 0 Å². The Kier molecular flexibility index (Phi) is 8.01. The third-order valence-electron chi connectivity index (χ3n) is 10.8. The molecule has 2 heterocycles. The monoisotopic (exact) mass is 739 g/mol. The lowest BCUT2D eigenvalue weighted by molar-refractivity contribution is 0.579. The van der Waals surface area contributed by atoms with E-state index < -0.39 is 15.3 Å². The van der Waals surface area contributed by atoms with Crippen LogP contribution in [0.15, 0.2) is 210 Å². The first-order valence-corrected chi connectivity index (χ1v) is 20.0. The highest BCUT2D eigenvalue weighted by Crippen LogP contribution is 2.53. The average Bonchev–Trinajstić information content (AvgIpc) is 3.27. The van der Waals surface area contributed by atoms with E-state index in [1.54, 1.807) is 24.3 Å². The van der Waals surface area contributed by atoms with Gasteiger partial charge >= 0.3 is 0 Å². The molecule has 0 aliphatic carbocycles. The molecule has 1 aliphatic rings. The minimum absolute atomic E-state index is 0.326. The summed E-state index contributed by atoms with van der Waals surface area (Å²) < 4.78 is 28.3. The highest BCUT2D eigenvalue weighted by molar-refractivity contribution is 7.91. The molecule has 6 heteroatoms. The molecule has 0 radical (unpaired) electrons. The molecule has 0 amide bonds. The molecule has 266 valence electrons. The Balaban J connectivity index is 1.11. The fourth-order valence-electron chi connectivity index (χ4n) is 8.27. The van der Waals surface area contributed by atoms with Gasteiger partial charge in [-0.05, 0) is 62.4 Å². The Bertz CT molecular complexity index is 2980. The second-order valence-corrected chi connectivity index (χ2v) is 15.9. The van der Waals surface area contributed by atoms with E-state index in [2.05, 4.69) is 84.9 Å². The van der Waals surface area contributed by atoms with Crippen LogP contribution in [0.3, 0.4) is 0 Å². The summed E-state index contributed by atoms with van der Waals surface area (Å²) in [6.07, 6.45) is 0. The van der Waals surface area contributed by atoms with Crippen LogP contribution < -0.4 is 0 Å². The summed E-state index contributed by atoms with van der Waals surface area (Å²) in [6.45, 7) is 0. The van der Waals surface area contributed by atoms with Crippen molar-refractivity contribution in [2.45, 2.75) is 15.2 Å². The molecule has 0 fully saturated rings. The second kappa shape index (κ2) is 13.4. The number of hydrogen-bond acceptors (Lipinski definition) is 5. The SMILES string of the molecule is O=S1(=O)c2ccccc2C(c2ccccc2)(c2cccc(-c3ccc(-c4nc(-c5ccccc5)nc(-c5cccc6ccccc56)n4)cc3)c2)c2ccccc21. The molecule has 0 atom stereocenters. The lowest BCUT2D eigenvalue weighted by Gasteiger charge is -2.41. The van der Waals surface area contributed by atoms with Crippen LogP contribution in [0, 0.1) is 0 Å². The Hall–Kier alpha value is -7.02. The predicted octanol–water partition coefficient (Wildman–Crippen LogP) is 11.2. The number of nitrogens with zero attached hydrogens (tertiary/aromatic N) is 3. The highest BCUT2D eigenvalue weighted by atomic mass is 32.2. The molecule has 10 rings (SSSR count). The van der Waals surface area contributed by atoms with Gasteiger partial charge < -0.3 is 0 Å². The minimum atomic E-state index is -3.75. The lowest BCUT2D eigenvalue weighted by atomic mass is 9.64. The van der Waals surface area contributed by atoms with Gasteiger partial charge in [0.05, 0.1) is 15.2 Å². The summed E-state index contributed by atoms with van der Waals surface area (Å²) in [5.41, 5.74) is 7.31. The van der Waals surface area contributed by atoms with Gasteiger partial charge in [0, 0.05) is 16.7 Å². The maximum Gasteiger partial charge on any atom is 0.207 e. The molecule has 8 aromatic carbocycles. The molecule has 1 aliphatic heterocycles. The van der Waals surface area contributed by atoms with Gasteiger partial charge in [0.2, 0.25) is 9.84 Å². The van der Waals surface area contributed by atoms with Crippen LogP contribution in [0.5, 0.6) is 0 Å². The van der Waals surface area contributed by atoms with Gasteiger partial charge in [-0.15, -0.1) is 0 Å². The van der Waals surface area contributed by atoms with Gasteiger partial charge in [0.25, 0.3) is 0 Å². The summed E-state index contributed by atoms with van der Waals surface area (Å²) >= 11 is 0. The molecule has 1 aromatic heterocycles. The molecule has 0 N–H and O–H groups in total. The van der Waals surface area contributed by atoms with E-state index in [9.17, 15) is 8.42 Å². The molecule has 0 saturated carbocycles. The summed E-state index contributed by atoms with van der Waals surface area (Å²) in [5.74, 6) is 1.81. The lowest BCUT2D eigenvalue weighted by Crippen LogP contribution is -2.37. The summed E-state index contributed by atoms with van der Waals surface area (Å²) in [6, 6.07) is 66.3. The van der Waals surface area contributed by atoms with E-state index in [1.807, 2.05) is 91.0 Å². The van der Waals surface area contributed by atoms with Gasteiger partial charge in [0.1, 0.15) is 0 Å². The van der Waals surface area contributed by atoms with Gasteiger partial charge in [-0.2, -0.15) is 0 Å². The van der Waals surface area contributed by atoms with Gasteiger partial charge in [-0.1, -0.05) is 182 Å². The van der Waals surface area contributed by atoms with Crippen molar-refractivity contribution in [3.05, 3.63) is 222 Å². The van der Waals surface area contributed by atoms with Gasteiger partial charge in [0.15, 0.2) is 17.5 Å². The first-order chi connectivity index (χ1) is 27.5. The molecule has 5 nitrogen and oxygen atoms in total. The van der Waals surface area contributed by atoms with E-state index >= 15 is 0 Å². The molecule has 56 heavy (non-hydrogen) atoms. The fraction of sp³-hybridized carbons (Fsp3) is 0.0200. The van der Waals surface area contributed by atoms with Crippen molar-refractivity contribution in [3.63, 3.8) is 0 Å². The average molecular weight is 740 g/mol. The van der Waals surface area contributed by atoms with E-state index in [0.717, 1.165) is 60.8 Å². The molecule has 0 bridgehead atoms. The quantitative estimate of drug-likeness (QED) is 0.170. The normalized spacial score (nSPS) is 13.8. The highest BCUT2D eigenvalue weighted by Gasteiger charge is 2.48. The molecular weight excluding hydrogens is 707 g/mol. The van der Waals surface area contributed by atoms with E-state index in [0.29, 0.717) is 27.3 Å². The third-order valence-corrected chi connectivity index (χ3v) is 12.7. The van der Waals surface area contributed by atoms with Crippen LogP contribution in [0.1, 0.15) is 22.3 Å². The molecular formula is C50H33N3O2S. The van der Waals surface area contributed by atoms with Crippen molar-refractivity contribution in [1.82, 2.24) is 15.0 Å². The number of sulfone groups is 1. The molecule has 9 aromatic rings. The zero-order valence-electron chi connectivity index (χ0n) is 30.1. The second-order valence-electron chi connectivity index (χ2n) is 14.0. The molecule has 0 unspecified atom stereocenters. The fourth-order valence-corrected chi connectivity index (χ4v) is 10.0. The van der Waals surface area contributed by atoms with Crippen molar-refractivity contribution in [1.29, 1.82) is 0 Å². The van der Waals surface area contributed by atoms with Crippen LogP contribution in [0.4, 0.5) is 0 Å². The third kappa shape index (κ3) is 5.37. The number of fused-ring (bicyclic) bond motifs is 3. The Morgan fingerprint density at radius 3 is 1.55 bits per heavy atom. The standard InChI is InChI=1S/C50H33N3O2S/c54-56(55)45-27-11-9-25-43(45)50(39-20-5-2-6-21-39,44-26-10-12-28-46(44)56)40-22-13-19-38(33-40)34-29-31-37(32-30-34)48-51-47(36-16-3-1-4-17-36)52-49(53-48)42-24-14-18-35-15-7-8-23-41(35)42/h1-33H. The first kappa shape index (κ1) is 33.5. The Morgan fingerprint density at radius 2 is 0.857 bits per heavy atom. The van der Waals surface area contributed by atoms with Crippen molar-refractivity contribution in [2.24, 2.45) is 0 Å². The number of aromatic nitrogens is 3. The van der Waals surface area contributed by atoms with Crippen LogP contribution in [0.25, 0.3) is 56.1 Å². The Labute approximate surface area is 325 Å². The zero-order chi connectivity index (χ0) is 37.7.